The van der Waals surface area contributed by atoms with E-state index < -0.39 is 33.0 Å². The van der Waals surface area contributed by atoms with Gasteiger partial charge in [0, 0.05) is 31.4 Å². The lowest BCUT2D eigenvalue weighted by Crippen LogP contribution is -2.27. The number of nitrogen functional groups attached to an aromatic ring is 1. The summed E-state index contributed by atoms with van der Waals surface area (Å²) < 4.78 is 0. The minimum Gasteiger partial charge on any atom is -0.378 e. The van der Waals surface area contributed by atoms with Crippen LogP contribution in [-0.4, -0.2) is 45.5 Å². The molecule has 1 amide bonds. The van der Waals surface area contributed by atoms with Crippen molar-refractivity contribution in [3.05, 3.63) is 74.5 Å². The van der Waals surface area contributed by atoms with E-state index in [1.54, 1.807) is 13.0 Å². The number of amides is 1. The zero-order chi connectivity index (χ0) is 25.4. The predicted molar refractivity (Wildman–Crippen MR) is 129 cm³/mol. The number of hydrogen-bond acceptors (Lipinski definition) is 10. The Hall–Kier alpha value is -4.94. The highest BCUT2D eigenvalue weighted by molar-refractivity contribution is 6.19. The number of aromatic nitrogens is 2. The molecule has 3 aromatic rings. The zero-order valence-electron chi connectivity index (χ0n) is 18.9. The SMILES string of the molecule is CC1=NN(c2ccc([N+](=O)[O-])cc2[N+](=O)[O-])C(=O)C1c1cc(-c2ccc(N(C)C)cc2)nc(N)n1. The first-order valence-corrected chi connectivity index (χ1v) is 10.3. The highest BCUT2D eigenvalue weighted by Gasteiger charge is 2.40. The maximum absolute atomic E-state index is 13.3. The van der Waals surface area contributed by atoms with Crippen LogP contribution in [0.4, 0.5) is 28.7 Å². The van der Waals surface area contributed by atoms with Crippen LogP contribution in [0.5, 0.6) is 0 Å². The normalized spacial score (nSPS) is 15.2. The third-order valence-electron chi connectivity index (χ3n) is 5.46. The largest absolute Gasteiger partial charge is 0.378 e. The van der Waals surface area contributed by atoms with Gasteiger partial charge in [0.15, 0.2) is 0 Å². The molecule has 178 valence electrons. The number of benzene rings is 2. The summed E-state index contributed by atoms with van der Waals surface area (Å²) in [5.74, 6) is -1.61. The number of nitro benzene ring substituents is 2. The van der Waals surface area contributed by atoms with Gasteiger partial charge in [0.1, 0.15) is 11.6 Å². The van der Waals surface area contributed by atoms with Crippen LogP contribution in [0.2, 0.25) is 0 Å². The molecule has 2 N–H and O–H groups in total. The van der Waals surface area contributed by atoms with Crippen molar-refractivity contribution in [1.29, 1.82) is 0 Å². The Morgan fingerprint density at radius 3 is 2.29 bits per heavy atom. The number of carbonyl (C=O) groups is 1. The van der Waals surface area contributed by atoms with Gasteiger partial charge in [-0.3, -0.25) is 25.0 Å². The van der Waals surface area contributed by atoms with Crippen LogP contribution in [0.25, 0.3) is 11.3 Å². The average molecular weight is 476 g/mol. The number of nitrogens with zero attached hydrogens (tertiary/aromatic N) is 7. The number of hydrogen-bond donors (Lipinski definition) is 1. The molecule has 1 unspecified atom stereocenters. The van der Waals surface area contributed by atoms with Crippen molar-refractivity contribution < 1.29 is 14.6 Å². The van der Waals surface area contributed by atoms with Crippen molar-refractivity contribution in [3.8, 4) is 11.3 Å². The standard InChI is InChI=1S/C22H20N8O5/c1-12-20(17-11-16(24-22(23)25-17)13-4-6-14(7-5-13)27(2)3)21(31)28(26-12)18-9-8-15(29(32)33)10-19(18)30(34)35/h4-11,20H,1-3H3,(H2,23,24,25). The number of carbonyl (C=O) groups excluding carboxylic acids is 1. The molecule has 1 atom stereocenters. The maximum Gasteiger partial charge on any atom is 0.301 e. The van der Waals surface area contributed by atoms with Crippen molar-refractivity contribution in [2.45, 2.75) is 12.8 Å². The van der Waals surface area contributed by atoms with Gasteiger partial charge in [-0.15, -0.1) is 0 Å². The number of nitrogens with two attached hydrogens (primary N) is 1. The highest BCUT2D eigenvalue weighted by atomic mass is 16.6. The molecule has 0 fully saturated rings. The van der Waals surface area contributed by atoms with E-state index in [4.69, 9.17) is 5.73 Å². The molecule has 13 heteroatoms. The monoisotopic (exact) mass is 476 g/mol. The first kappa shape index (κ1) is 23.2. The molecule has 0 bridgehead atoms. The molecular weight excluding hydrogens is 456 g/mol. The molecule has 0 spiro atoms. The fourth-order valence-corrected chi connectivity index (χ4v) is 3.74. The summed E-state index contributed by atoms with van der Waals surface area (Å²) in [5, 5.41) is 27.7. The van der Waals surface area contributed by atoms with Gasteiger partial charge in [-0.1, -0.05) is 12.1 Å². The molecule has 0 aliphatic carbocycles. The Labute approximate surface area is 198 Å². The Balaban J connectivity index is 1.72. The summed E-state index contributed by atoms with van der Waals surface area (Å²) in [7, 11) is 3.84. The van der Waals surface area contributed by atoms with Crippen LogP contribution in [-0.2, 0) is 4.79 Å². The first-order valence-electron chi connectivity index (χ1n) is 10.3. The lowest BCUT2D eigenvalue weighted by molar-refractivity contribution is -0.393. The summed E-state index contributed by atoms with van der Waals surface area (Å²) in [5.41, 5.74) is 7.52. The molecule has 0 radical (unpaired) electrons. The zero-order valence-corrected chi connectivity index (χ0v) is 18.9. The summed E-state index contributed by atoms with van der Waals surface area (Å²) in [6.45, 7) is 1.59. The van der Waals surface area contributed by atoms with Crippen molar-refractivity contribution in [2.24, 2.45) is 5.10 Å². The molecule has 0 saturated heterocycles. The van der Waals surface area contributed by atoms with E-state index in [-0.39, 0.29) is 17.3 Å². The van der Waals surface area contributed by atoms with E-state index in [9.17, 15) is 25.0 Å². The number of anilines is 3. The van der Waals surface area contributed by atoms with E-state index in [1.165, 1.54) is 0 Å². The lowest BCUT2D eigenvalue weighted by atomic mass is 9.98. The summed E-state index contributed by atoms with van der Waals surface area (Å²) in [6.07, 6.45) is 0. The number of nitro groups is 2. The number of rotatable bonds is 6. The molecule has 1 aromatic heterocycles. The number of non-ortho nitro benzene ring substituents is 1. The van der Waals surface area contributed by atoms with Gasteiger partial charge < -0.3 is 10.6 Å². The van der Waals surface area contributed by atoms with Crippen LogP contribution in [0.15, 0.2) is 53.6 Å². The summed E-state index contributed by atoms with van der Waals surface area (Å²) in [4.78, 5) is 44.8. The Kier molecular flexibility index (Phi) is 5.82. The van der Waals surface area contributed by atoms with Gasteiger partial charge in [0.2, 0.25) is 5.95 Å². The Bertz CT molecular complexity index is 1390. The molecule has 2 heterocycles. The van der Waals surface area contributed by atoms with Gasteiger partial charge in [0.05, 0.1) is 33.0 Å². The average Bonchev–Trinajstić information content (AvgIpc) is 3.11. The van der Waals surface area contributed by atoms with Crippen molar-refractivity contribution in [3.63, 3.8) is 0 Å². The molecular formula is C22H20N8O5. The Morgan fingerprint density at radius 2 is 1.69 bits per heavy atom. The van der Waals surface area contributed by atoms with Crippen LogP contribution < -0.4 is 15.6 Å². The highest BCUT2D eigenvalue weighted by Crippen LogP contribution is 2.37. The minimum absolute atomic E-state index is 0.0467. The van der Waals surface area contributed by atoms with Crippen LogP contribution >= 0.6 is 0 Å². The van der Waals surface area contributed by atoms with Gasteiger partial charge in [-0.25, -0.2) is 9.97 Å². The van der Waals surface area contributed by atoms with Gasteiger partial charge in [-0.2, -0.15) is 10.1 Å². The maximum atomic E-state index is 13.3. The summed E-state index contributed by atoms with van der Waals surface area (Å²) >= 11 is 0. The van der Waals surface area contributed by atoms with Gasteiger partial charge in [-0.05, 0) is 31.2 Å². The minimum atomic E-state index is -0.963. The van der Waals surface area contributed by atoms with E-state index in [0.717, 1.165) is 34.5 Å². The van der Waals surface area contributed by atoms with Crippen LogP contribution in [0.3, 0.4) is 0 Å². The Morgan fingerprint density at radius 1 is 1.00 bits per heavy atom. The molecule has 4 rings (SSSR count). The van der Waals surface area contributed by atoms with Gasteiger partial charge in [0.25, 0.3) is 11.6 Å². The van der Waals surface area contributed by atoms with Crippen LogP contribution in [0.1, 0.15) is 18.5 Å². The van der Waals surface area contributed by atoms with Crippen molar-refractivity contribution in [2.75, 3.05) is 29.7 Å². The molecule has 1 aliphatic rings. The lowest BCUT2D eigenvalue weighted by Gasteiger charge is -2.15. The van der Waals surface area contributed by atoms with E-state index >= 15 is 0 Å². The predicted octanol–water partition coefficient (Wildman–Crippen LogP) is 3.11. The molecule has 1 aliphatic heterocycles. The van der Waals surface area contributed by atoms with Gasteiger partial charge >= 0.3 is 5.69 Å². The van der Waals surface area contributed by atoms with Crippen molar-refractivity contribution in [1.82, 2.24) is 9.97 Å². The molecule has 13 nitrogen and oxygen atoms in total. The number of hydrazone groups is 1. The molecule has 0 saturated carbocycles. The summed E-state index contributed by atoms with van der Waals surface area (Å²) in [6, 6.07) is 12.2. The fourth-order valence-electron chi connectivity index (χ4n) is 3.74. The second-order valence-electron chi connectivity index (χ2n) is 7.99. The quantitative estimate of drug-likeness (QED) is 0.414. The van der Waals surface area contributed by atoms with E-state index in [0.29, 0.717) is 11.4 Å². The molecule has 35 heavy (non-hydrogen) atoms. The second kappa shape index (κ2) is 8.78. The second-order valence-corrected chi connectivity index (χ2v) is 7.99. The van der Waals surface area contributed by atoms with Crippen LogP contribution in [0, 0.1) is 20.2 Å². The topological polar surface area (TPSA) is 174 Å². The first-order chi connectivity index (χ1) is 16.6. The third-order valence-corrected chi connectivity index (χ3v) is 5.46. The fraction of sp³-hybridized carbons (Fsp3) is 0.182. The van der Waals surface area contributed by atoms with E-state index in [2.05, 4.69) is 15.1 Å². The van der Waals surface area contributed by atoms with Crippen molar-refractivity contribution >= 4 is 40.3 Å². The molecule has 2 aromatic carbocycles. The van der Waals surface area contributed by atoms with E-state index in [1.807, 2.05) is 43.3 Å². The third kappa shape index (κ3) is 4.34. The smallest absolute Gasteiger partial charge is 0.301 e.